The van der Waals surface area contributed by atoms with Crippen molar-refractivity contribution >= 4 is 17.7 Å². The number of carbonyl (C=O) groups is 1. The monoisotopic (exact) mass is 301 g/mol. The lowest BCUT2D eigenvalue weighted by Gasteiger charge is -2.35. The first-order valence-electron chi connectivity index (χ1n) is 7.55. The Morgan fingerprint density at radius 3 is 2.85 bits per heavy atom. The van der Waals surface area contributed by atoms with Crippen LogP contribution < -0.4 is 0 Å². The first-order valence-corrected chi connectivity index (χ1v) is 8.70. The molecule has 2 rings (SSSR count). The van der Waals surface area contributed by atoms with Crippen molar-refractivity contribution in [2.45, 2.75) is 45.3 Å². The molecule has 1 unspecified atom stereocenters. The SMILES string of the molecule is COC(=O)CC1(CSCC2CN(C(C)C)CCO2)CC1. The molecular weight excluding hydrogens is 274 g/mol. The standard InChI is InChI=1S/C15H27NO3S/c1-12(2)16-6-7-19-13(9-16)10-20-11-15(4-5-15)8-14(17)18-3/h12-13H,4-11H2,1-3H3. The van der Waals surface area contributed by atoms with Gasteiger partial charge >= 0.3 is 5.97 Å². The van der Waals surface area contributed by atoms with E-state index >= 15 is 0 Å². The highest BCUT2D eigenvalue weighted by molar-refractivity contribution is 7.99. The highest BCUT2D eigenvalue weighted by Crippen LogP contribution is 2.51. The van der Waals surface area contributed by atoms with Crippen LogP contribution in [0.4, 0.5) is 0 Å². The number of carbonyl (C=O) groups excluding carboxylic acids is 1. The Kier molecular flexibility index (Phi) is 5.75. The maximum Gasteiger partial charge on any atom is 0.306 e. The highest BCUT2D eigenvalue weighted by Gasteiger charge is 2.44. The zero-order chi connectivity index (χ0) is 14.6. The Morgan fingerprint density at radius 1 is 1.50 bits per heavy atom. The van der Waals surface area contributed by atoms with Crippen molar-refractivity contribution in [3.05, 3.63) is 0 Å². The summed E-state index contributed by atoms with van der Waals surface area (Å²) >= 11 is 1.94. The van der Waals surface area contributed by atoms with Gasteiger partial charge < -0.3 is 9.47 Å². The van der Waals surface area contributed by atoms with Gasteiger partial charge in [0.05, 0.1) is 26.2 Å². The van der Waals surface area contributed by atoms with E-state index in [0.29, 0.717) is 18.6 Å². The van der Waals surface area contributed by atoms with E-state index in [9.17, 15) is 4.79 Å². The first kappa shape index (κ1) is 16.1. The third-order valence-electron chi connectivity index (χ3n) is 4.32. The minimum atomic E-state index is -0.0667. The van der Waals surface area contributed by atoms with Gasteiger partial charge in [-0.05, 0) is 37.9 Å². The van der Waals surface area contributed by atoms with Crippen LogP contribution in [0, 0.1) is 5.41 Å². The molecule has 0 spiro atoms. The Hall–Kier alpha value is -0.260. The molecule has 0 N–H and O–H groups in total. The van der Waals surface area contributed by atoms with E-state index < -0.39 is 0 Å². The van der Waals surface area contributed by atoms with E-state index in [1.54, 1.807) is 0 Å². The van der Waals surface area contributed by atoms with Crippen molar-refractivity contribution in [1.82, 2.24) is 4.90 Å². The van der Waals surface area contributed by atoms with Crippen LogP contribution in [0.5, 0.6) is 0 Å². The minimum absolute atomic E-state index is 0.0667. The number of rotatable bonds is 7. The average Bonchev–Trinajstić information content (AvgIpc) is 3.18. The molecule has 0 aromatic heterocycles. The molecular formula is C15H27NO3S. The lowest BCUT2D eigenvalue weighted by molar-refractivity contribution is -0.141. The zero-order valence-corrected chi connectivity index (χ0v) is 13.7. The summed E-state index contributed by atoms with van der Waals surface area (Å²) in [7, 11) is 1.47. The van der Waals surface area contributed by atoms with Crippen LogP contribution in [0.15, 0.2) is 0 Å². The molecule has 1 atom stereocenters. The highest BCUT2D eigenvalue weighted by atomic mass is 32.2. The predicted octanol–water partition coefficient (Wildman–Crippen LogP) is 2.17. The molecule has 1 heterocycles. The fraction of sp³-hybridized carbons (Fsp3) is 0.933. The second-order valence-corrected chi connectivity index (χ2v) is 7.38. The van der Waals surface area contributed by atoms with E-state index in [1.165, 1.54) is 20.0 Å². The van der Waals surface area contributed by atoms with Gasteiger partial charge in [-0.2, -0.15) is 11.8 Å². The normalized spacial score (nSPS) is 25.7. The van der Waals surface area contributed by atoms with Crippen molar-refractivity contribution in [3.8, 4) is 0 Å². The molecule has 2 fully saturated rings. The molecule has 1 saturated carbocycles. The summed E-state index contributed by atoms with van der Waals surface area (Å²) in [6.45, 7) is 7.41. The molecule has 20 heavy (non-hydrogen) atoms. The molecule has 4 nitrogen and oxygen atoms in total. The third-order valence-corrected chi connectivity index (χ3v) is 5.74. The molecule has 116 valence electrons. The van der Waals surface area contributed by atoms with E-state index in [1.807, 2.05) is 11.8 Å². The predicted molar refractivity (Wildman–Crippen MR) is 82.1 cm³/mol. The smallest absolute Gasteiger partial charge is 0.306 e. The molecule has 1 saturated heterocycles. The lowest BCUT2D eigenvalue weighted by Crippen LogP contribution is -2.46. The molecule has 1 aliphatic carbocycles. The second-order valence-electron chi connectivity index (χ2n) is 6.35. The van der Waals surface area contributed by atoms with Crippen LogP contribution in [0.2, 0.25) is 0 Å². The van der Waals surface area contributed by atoms with Crippen LogP contribution in [0.3, 0.4) is 0 Å². The van der Waals surface area contributed by atoms with Gasteiger partial charge in [-0.3, -0.25) is 9.69 Å². The maximum absolute atomic E-state index is 11.4. The Labute approximate surface area is 126 Å². The fourth-order valence-corrected chi connectivity index (χ4v) is 4.05. The summed E-state index contributed by atoms with van der Waals surface area (Å²) in [5, 5.41) is 0. The summed E-state index contributed by atoms with van der Waals surface area (Å²) < 4.78 is 10.6. The first-order chi connectivity index (χ1) is 9.54. The van der Waals surface area contributed by atoms with Gasteiger partial charge in [0.1, 0.15) is 0 Å². The van der Waals surface area contributed by atoms with E-state index in [4.69, 9.17) is 9.47 Å². The van der Waals surface area contributed by atoms with Crippen LogP contribution in [-0.4, -0.2) is 61.3 Å². The zero-order valence-electron chi connectivity index (χ0n) is 12.9. The van der Waals surface area contributed by atoms with Crippen molar-refractivity contribution in [3.63, 3.8) is 0 Å². The van der Waals surface area contributed by atoms with Gasteiger partial charge in [0.15, 0.2) is 0 Å². The average molecular weight is 301 g/mol. The van der Waals surface area contributed by atoms with Gasteiger partial charge in [0.25, 0.3) is 0 Å². The number of hydrogen-bond acceptors (Lipinski definition) is 5. The van der Waals surface area contributed by atoms with Gasteiger partial charge in [0.2, 0.25) is 0 Å². The van der Waals surface area contributed by atoms with Crippen LogP contribution in [0.25, 0.3) is 0 Å². The number of ether oxygens (including phenoxy) is 2. The number of hydrogen-bond donors (Lipinski definition) is 0. The largest absolute Gasteiger partial charge is 0.469 e. The Morgan fingerprint density at radius 2 is 2.25 bits per heavy atom. The molecule has 2 aliphatic rings. The Balaban J connectivity index is 1.67. The summed E-state index contributed by atoms with van der Waals surface area (Å²) in [6, 6.07) is 0.598. The number of thioether (sulfide) groups is 1. The molecule has 0 bridgehead atoms. The van der Waals surface area contributed by atoms with E-state index in [0.717, 1.165) is 31.2 Å². The van der Waals surface area contributed by atoms with Gasteiger partial charge in [-0.15, -0.1) is 0 Å². The topological polar surface area (TPSA) is 38.8 Å². The van der Waals surface area contributed by atoms with Gasteiger partial charge in [0, 0.05) is 24.9 Å². The number of morpholine rings is 1. The third kappa shape index (κ3) is 4.64. The fourth-order valence-electron chi connectivity index (χ4n) is 2.65. The lowest BCUT2D eigenvalue weighted by atomic mass is 10.1. The number of nitrogens with zero attached hydrogens (tertiary/aromatic N) is 1. The van der Waals surface area contributed by atoms with Crippen LogP contribution in [0.1, 0.15) is 33.1 Å². The van der Waals surface area contributed by atoms with Crippen molar-refractivity contribution < 1.29 is 14.3 Å². The quantitative estimate of drug-likeness (QED) is 0.674. The van der Waals surface area contributed by atoms with Crippen molar-refractivity contribution in [2.75, 3.05) is 38.3 Å². The molecule has 0 aromatic carbocycles. The van der Waals surface area contributed by atoms with Crippen LogP contribution in [-0.2, 0) is 14.3 Å². The molecule has 0 radical (unpaired) electrons. The molecule has 0 aromatic rings. The molecule has 0 amide bonds. The molecule has 1 aliphatic heterocycles. The Bertz CT molecular complexity index is 331. The number of methoxy groups -OCH3 is 1. The second kappa shape index (κ2) is 7.14. The van der Waals surface area contributed by atoms with Gasteiger partial charge in [-0.25, -0.2) is 0 Å². The molecule has 5 heteroatoms. The maximum atomic E-state index is 11.4. The number of esters is 1. The van der Waals surface area contributed by atoms with Gasteiger partial charge in [-0.1, -0.05) is 0 Å². The summed E-state index contributed by atoms with van der Waals surface area (Å²) in [4.78, 5) is 13.9. The summed E-state index contributed by atoms with van der Waals surface area (Å²) in [6.07, 6.45) is 3.25. The minimum Gasteiger partial charge on any atom is -0.469 e. The van der Waals surface area contributed by atoms with Crippen LogP contribution >= 0.6 is 11.8 Å². The summed E-state index contributed by atoms with van der Waals surface area (Å²) in [5.74, 6) is 2.03. The van der Waals surface area contributed by atoms with Crippen molar-refractivity contribution in [1.29, 1.82) is 0 Å². The van der Waals surface area contributed by atoms with E-state index in [2.05, 4.69) is 18.7 Å². The van der Waals surface area contributed by atoms with E-state index in [-0.39, 0.29) is 11.4 Å². The summed E-state index contributed by atoms with van der Waals surface area (Å²) in [5.41, 5.74) is 0.226. The van der Waals surface area contributed by atoms with Crippen molar-refractivity contribution in [2.24, 2.45) is 5.41 Å².